The molecule has 0 spiro atoms. The minimum absolute atomic E-state index is 0.0855. The van der Waals surface area contributed by atoms with Gasteiger partial charge in [0, 0.05) is 6.04 Å². The first-order valence-electron chi connectivity index (χ1n) is 6.69. The van der Waals surface area contributed by atoms with Crippen LogP contribution in [0.4, 0.5) is 0 Å². The van der Waals surface area contributed by atoms with Gasteiger partial charge in [-0.15, -0.1) is 0 Å². The average molecular weight is 248 g/mol. The van der Waals surface area contributed by atoms with Crippen molar-refractivity contribution in [3.63, 3.8) is 0 Å². The first-order chi connectivity index (χ1) is 8.67. The molecule has 1 unspecified atom stereocenters. The molecular formula is C15H24N2O. The average Bonchev–Trinajstić information content (AvgIpc) is 2.37. The summed E-state index contributed by atoms with van der Waals surface area (Å²) in [5.74, 6) is 0.0855. The molecule has 0 bridgehead atoms. The first-order valence-corrected chi connectivity index (χ1v) is 6.69. The smallest absolute Gasteiger partial charge is 0.237 e. The highest BCUT2D eigenvalue weighted by Gasteiger charge is 2.18. The molecular weight excluding hydrogens is 224 g/mol. The lowest BCUT2D eigenvalue weighted by molar-refractivity contribution is -0.123. The van der Waals surface area contributed by atoms with Crippen molar-refractivity contribution >= 4 is 5.91 Å². The Morgan fingerprint density at radius 2 is 1.94 bits per heavy atom. The van der Waals surface area contributed by atoms with Gasteiger partial charge in [0.25, 0.3) is 0 Å². The first kappa shape index (κ1) is 14.7. The van der Waals surface area contributed by atoms with E-state index in [1.54, 1.807) is 0 Å². The van der Waals surface area contributed by atoms with Gasteiger partial charge < -0.3 is 10.6 Å². The third kappa shape index (κ3) is 4.88. The minimum atomic E-state index is -0.160. The van der Waals surface area contributed by atoms with Crippen molar-refractivity contribution < 1.29 is 4.79 Å². The minimum Gasteiger partial charge on any atom is -0.352 e. The molecule has 2 atom stereocenters. The summed E-state index contributed by atoms with van der Waals surface area (Å²) >= 11 is 0. The second-order valence-electron chi connectivity index (χ2n) is 4.73. The molecule has 1 aromatic carbocycles. The van der Waals surface area contributed by atoms with Gasteiger partial charge in [0.05, 0.1) is 6.04 Å². The van der Waals surface area contributed by atoms with Crippen LogP contribution in [0.1, 0.15) is 32.3 Å². The second kappa shape index (κ2) is 7.88. The summed E-state index contributed by atoms with van der Waals surface area (Å²) in [6, 6.07) is 10.2. The van der Waals surface area contributed by atoms with Crippen molar-refractivity contribution in [1.82, 2.24) is 10.6 Å². The van der Waals surface area contributed by atoms with Gasteiger partial charge in [0.2, 0.25) is 5.91 Å². The molecule has 0 aliphatic carbocycles. The van der Waals surface area contributed by atoms with Crippen LogP contribution in [0.2, 0.25) is 0 Å². The number of carbonyl (C=O) groups excluding carboxylic acids is 1. The molecule has 0 heterocycles. The van der Waals surface area contributed by atoms with Gasteiger partial charge in [-0.3, -0.25) is 4.79 Å². The topological polar surface area (TPSA) is 41.1 Å². The molecule has 0 fully saturated rings. The van der Waals surface area contributed by atoms with Crippen LogP contribution >= 0.6 is 0 Å². The van der Waals surface area contributed by atoms with Crippen molar-refractivity contribution in [3.8, 4) is 0 Å². The van der Waals surface area contributed by atoms with Crippen LogP contribution in [0, 0.1) is 0 Å². The van der Waals surface area contributed by atoms with Crippen LogP contribution in [0.25, 0.3) is 0 Å². The SMILES string of the molecule is CCC[C@H](C)NC(=O)C(Cc1ccccc1)NC. The van der Waals surface area contributed by atoms with Gasteiger partial charge in [-0.2, -0.15) is 0 Å². The van der Waals surface area contributed by atoms with E-state index in [2.05, 4.69) is 24.5 Å². The fourth-order valence-electron chi connectivity index (χ4n) is 2.02. The summed E-state index contributed by atoms with van der Waals surface area (Å²) in [5, 5.41) is 6.14. The highest BCUT2D eigenvalue weighted by Crippen LogP contribution is 2.04. The van der Waals surface area contributed by atoms with E-state index in [4.69, 9.17) is 0 Å². The van der Waals surface area contributed by atoms with Crippen LogP contribution in [-0.4, -0.2) is 25.0 Å². The molecule has 1 rings (SSSR count). The summed E-state index contributed by atoms with van der Waals surface area (Å²) in [4.78, 5) is 12.1. The Hall–Kier alpha value is -1.35. The lowest BCUT2D eigenvalue weighted by Gasteiger charge is -2.19. The van der Waals surface area contributed by atoms with E-state index in [0.717, 1.165) is 19.3 Å². The number of rotatable bonds is 7. The fraction of sp³-hybridized carbons (Fsp3) is 0.533. The third-order valence-electron chi connectivity index (χ3n) is 3.06. The van der Waals surface area contributed by atoms with E-state index >= 15 is 0 Å². The lowest BCUT2D eigenvalue weighted by atomic mass is 10.0. The Morgan fingerprint density at radius 1 is 1.28 bits per heavy atom. The normalized spacial score (nSPS) is 13.9. The standard InChI is InChI=1S/C15H24N2O/c1-4-8-12(2)17-15(18)14(16-3)11-13-9-6-5-7-10-13/h5-7,9-10,12,14,16H,4,8,11H2,1-3H3,(H,17,18)/t12-,14?/m0/s1. The lowest BCUT2D eigenvalue weighted by Crippen LogP contribution is -2.47. The Kier molecular flexibility index (Phi) is 6.44. The summed E-state index contributed by atoms with van der Waals surface area (Å²) in [6.07, 6.45) is 2.83. The summed E-state index contributed by atoms with van der Waals surface area (Å²) in [5.41, 5.74) is 1.18. The number of nitrogens with one attached hydrogen (secondary N) is 2. The Balaban J connectivity index is 2.52. The summed E-state index contributed by atoms with van der Waals surface area (Å²) < 4.78 is 0. The van der Waals surface area contributed by atoms with Gasteiger partial charge in [0.15, 0.2) is 0 Å². The van der Waals surface area contributed by atoms with Crippen LogP contribution in [-0.2, 0) is 11.2 Å². The number of hydrogen-bond acceptors (Lipinski definition) is 2. The van der Waals surface area contributed by atoms with Crippen LogP contribution < -0.4 is 10.6 Å². The molecule has 1 amide bonds. The van der Waals surface area contributed by atoms with Crippen molar-refractivity contribution in [2.24, 2.45) is 0 Å². The van der Waals surface area contributed by atoms with Crippen LogP contribution in [0.3, 0.4) is 0 Å². The molecule has 3 heteroatoms. The van der Waals surface area contributed by atoms with Crippen molar-refractivity contribution in [1.29, 1.82) is 0 Å². The van der Waals surface area contributed by atoms with Gasteiger partial charge in [-0.25, -0.2) is 0 Å². The van der Waals surface area contributed by atoms with Crippen LogP contribution in [0.5, 0.6) is 0 Å². The Labute approximate surface area is 110 Å². The molecule has 18 heavy (non-hydrogen) atoms. The number of amides is 1. The number of hydrogen-bond donors (Lipinski definition) is 2. The van der Waals surface area contributed by atoms with Crippen molar-refractivity contribution in [2.45, 2.75) is 45.2 Å². The van der Waals surface area contributed by atoms with Crippen molar-refractivity contribution in [3.05, 3.63) is 35.9 Å². The fourth-order valence-corrected chi connectivity index (χ4v) is 2.02. The Morgan fingerprint density at radius 3 is 2.50 bits per heavy atom. The van der Waals surface area contributed by atoms with E-state index in [9.17, 15) is 4.79 Å². The van der Waals surface area contributed by atoms with Gasteiger partial charge in [-0.1, -0.05) is 43.7 Å². The Bertz CT molecular complexity index is 351. The molecule has 2 N–H and O–H groups in total. The molecule has 100 valence electrons. The molecule has 0 saturated heterocycles. The van der Waals surface area contributed by atoms with E-state index in [-0.39, 0.29) is 18.0 Å². The largest absolute Gasteiger partial charge is 0.352 e. The maximum atomic E-state index is 12.1. The van der Waals surface area contributed by atoms with Gasteiger partial charge >= 0.3 is 0 Å². The van der Waals surface area contributed by atoms with Gasteiger partial charge in [-0.05, 0) is 32.4 Å². The van der Waals surface area contributed by atoms with Gasteiger partial charge in [0.1, 0.15) is 0 Å². The molecule has 0 saturated carbocycles. The zero-order valence-electron chi connectivity index (χ0n) is 11.6. The van der Waals surface area contributed by atoms with Crippen molar-refractivity contribution in [2.75, 3.05) is 7.05 Å². The quantitative estimate of drug-likeness (QED) is 0.776. The van der Waals surface area contributed by atoms with E-state index in [1.807, 2.05) is 37.4 Å². The molecule has 0 aliphatic heterocycles. The van der Waals surface area contributed by atoms with Crippen LogP contribution in [0.15, 0.2) is 30.3 Å². The maximum absolute atomic E-state index is 12.1. The van der Waals surface area contributed by atoms with E-state index in [1.165, 1.54) is 5.56 Å². The maximum Gasteiger partial charge on any atom is 0.237 e. The second-order valence-corrected chi connectivity index (χ2v) is 4.73. The molecule has 0 aromatic heterocycles. The highest BCUT2D eigenvalue weighted by molar-refractivity contribution is 5.82. The summed E-state index contributed by atoms with van der Waals surface area (Å²) in [7, 11) is 1.83. The predicted octanol–water partition coefficient (Wildman–Crippen LogP) is 2.12. The highest BCUT2D eigenvalue weighted by atomic mass is 16.2. The molecule has 0 radical (unpaired) electrons. The number of benzene rings is 1. The number of likely N-dealkylation sites (N-methyl/N-ethyl adjacent to an activating group) is 1. The summed E-state index contributed by atoms with van der Waals surface area (Å²) in [6.45, 7) is 4.18. The molecule has 0 aliphatic rings. The monoisotopic (exact) mass is 248 g/mol. The zero-order chi connectivity index (χ0) is 13.4. The van der Waals surface area contributed by atoms with E-state index < -0.39 is 0 Å². The zero-order valence-corrected chi connectivity index (χ0v) is 11.6. The third-order valence-corrected chi connectivity index (χ3v) is 3.06. The predicted molar refractivity (Wildman–Crippen MR) is 75.5 cm³/mol. The number of carbonyl (C=O) groups is 1. The molecule has 1 aromatic rings. The molecule has 3 nitrogen and oxygen atoms in total. The van der Waals surface area contributed by atoms with E-state index in [0.29, 0.717) is 0 Å².